The maximum absolute atomic E-state index is 6.34. The average molecular weight is 663 g/mol. The van der Waals surface area contributed by atoms with Crippen molar-refractivity contribution >= 4 is 54.3 Å². The predicted octanol–water partition coefficient (Wildman–Crippen LogP) is 14.4. The number of hydrogen-bond donors (Lipinski definition) is 0. The zero-order valence-corrected chi connectivity index (χ0v) is 29.1. The van der Waals surface area contributed by atoms with Gasteiger partial charge in [0.15, 0.2) is 0 Å². The molecule has 0 atom stereocenters. The number of furan rings is 1. The van der Waals surface area contributed by atoms with E-state index in [9.17, 15) is 0 Å². The van der Waals surface area contributed by atoms with Crippen LogP contribution in [0.5, 0.6) is 0 Å². The summed E-state index contributed by atoms with van der Waals surface area (Å²) in [5.74, 6) is 0. The Bertz CT molecular complexity index is 3030. The Morgan fingerprint density at radius 3 is 1.62 bits per heavy atom. The molecular formula is C51H34O. The number of para-hydroxylation sites is 1. The lowest BCUT2D eigenvalue weighted by molar-refractivity contribution is 0.656. The molecule has 0 fully saturated rings. The van der Waals surface area contributed by atoms with Gasteiger partial charge >= 0.3 is 0 Å². The summed E-state index contributed by atoms with van der Waals surface area (Å²) >= 11 is 0. The third-order valence-electron chi connectivity index (χ3n) is 11.7. The van der Waals surface area contributed by atoms with Crippen LogP contribution in [0.4, 0.5) is 0 Å². The van der Waals surface area contributed by atoms with Crippen molar-refractivity contribution in [2.24, 2.45) is 0 Å². The molecule has 0 bridgehead atoms. The highest BCUT2D eigenvalue weighted by Crippen LogP contribution is 2.54. The van der Waals surface area contributed by atoms with Crippen LogP contribution in [0.2, 0.25) is 0 Å². The van der Waals surface area contributed by atoms with Crippen LogP contribution in [0.1, 0.15) is 25.0 Å². The van der Waals surface area contributed by atoms with Gasteiger partial charge in [-0.05, 0) is 112 Å². The SMILES string of the molecule is CC1(C)c2ccc(-c3ccc(-c4c5ccccc5c(-c5ccc6ccccc6c5)c5ccccc45)cc3)cc2-c2c1ccc1oc3ccccc3c21. The maximum Gasteiger partial charge on any atom is 0.136 e. The fraction of sp³-hybridized carbons (Fsp3) is 0.0588. The van der Waals surface area contributed by atoms with E-state index < -0.39 is 0 Å². The molecule has 0 unspecified atom stereocenters. The van der Waals surface area contributed by atoms with Crippen molar-refractivity contribution < 1.29 is 4.42 Å². The second-order valence-corrected chi connectivity index (χ2v) is 14.8. The second-order valence-electron chi connectivity index (χ2n) is 14.8. The van der Waals surface area contributed by atoms with Crippen molar-refractivity contribution in [3.05, 3.63) is 181 Å². The van der Waals surface area contributed by atoms with E-state index >= 15 is 0 Å². The highest BCUT2D eigenvalue weighted by molar-refractivity contribution is 6.22. The van der Waals surface area contributed by atoms with E-state index in [0.29, 0.717) is 0 Å². The van der Waals surface area contributed by atoms with Gasteiger partial charge in [0.1, 0.15) is 11.2 Å². The minimum absolute atomic E-state index is 0.0965. The van der Waals surface area contributed by atoms with E-state index in [1.807, 2.05) is 0 Å². The van der Waals surface area contributed by atoms with Gasteiger partial charge in [0.05, 0.1) is 0 Å². The summed E-state index contributed by atoms with van der Waals surface area (Å²) in [6.07, 6.45) is 0. The third kappa shape index (κ3) is 4.11. The van der Waals surface area contributed by atoms with Crippen LogP contribution in [0.25, 0.3) is 98.8 Å². The van der Waals surface area contributed by atoms with Crippen molar-refractivity contribution in [1.29, 1.82) is 0 Å². The van der Waals surface area contributed by atoms with E-state index in [4.69, 9.17) is 4.42 Å². The molecule has 1 heteroatoms. The second kappa shape index (κ2) is 10.8. The molecule has 0 saturated carbocycles. The number of hydrogen-bond acceptors (Lipinski definition) is 1. The van der Waals surface area contributed by atoms with Crippen LogP contribution in [-0.2, 0) is 5.41 Å². The Kier molecular flexibility index (Phi) is 6.08. The van der Waals surface area contributed by atoms with Gasteiger partial charge in [0.2, 0.25) is 0 Å². The van der Waals surface area contributed by atoms with Crippen LogP contribution in [0, 0.1) is 0 Å². The molecule has 1 heterocycles. The van der Waals surface area contributed by atoms with Crippen LogP contribution in [0.15, 0.2) is 174 Å². The van der Waals surface area contributed by atoms with E-state index in [1.54, 1.807) is 0 Å². The summed E-state index contributed by atoms with van der Waals surface area (Å²) in [5.41, 5.74) is 14.6. The highest BCUT2D eigenvalue weighted by Gasteiger charge is 2.37. The Morgan fingerprint density at radius 2 is 0.904 bits per heavy atom. The first-order valence-corrected chi connectivity index (χ1v) is 18.2. The standard InChI is InChI=1S/C51H34O/c1-51(2)43-26-25-35(30-42(43)49-44(51)27-28-46-50(49)41-17-9-10-18-45(41)52-46)32-19-22-33(23-20-32)47-37-13-5-7-15-39(37)48(40-16-8-6-14-38(40)47)36-24-21-31-11-3-4-12-34(31)29-36/h3-30H,1-2H3. The van der Waals surface area contributed by atoms with Crippen molar-refractivity contribution in [1.82, 2.24) is 0 Å². The first-order chi connectivity index (χ1) is 25.5. The quantitative estimate of drug-likeness (QED) is 0.172. The van der Waals surface area contributed by atoms with Gasteiger partial charge in [-0.25, -0.2) is 0 Å². The first-order valence-electron chi connectivity index (χ1n) is 18.2. The number of rotatable bonds is 3. The summed E-state index contributed by atoms with van der Waals surface area (Å²) in [6.45, 7) is 4.69. The topological polar surface area (TPSA) is 13.1 Å². The summed E-state index contributed by atoms with van der Waals surface area (Å²) in [7, 11) is 0. The lowest BCUT2D eigenvalue weighted by atomic mass is 9.82. The van der Waals surface area contributed by atoms with Crippen molar-refractivity contribution in [3.63, 3.8) is 0 Å². The largest absolute Gasteiger partial charge is 0.456 e. The average Bonchev–Trinajstić information content (AvgIpc) is 3.68. The highest BCUT2D eigenvalue weighted by atomic mass is 16.3. The normalized spacial score (nSPS) is 13.3. The van der Waals surface area contributed by atoms with Gasteiger partial charge in [-0.1, -0.05) is 159 Å². The smallest absolute Gasteiger partial charge is 0.136 e. The molecule has 0 spiro atoms. The lowest BCUT2D eigenvalue weighted by Gasteiger charge is -2.21. The summed E-state index contributed by atoms with van der Waals surface area (Å²) in [5, 5.41) is 10.00. The summed E-state index contributed by atoms with van der Waals surface area (Å²) in [6, 6.07) is 62.4. The fourth-order valence-electron chi connectivity index (χ4n) is 9.16. The Morgan fingerprint density at radius 1 is 0.365 bits per heavy atom. The minimum Gasteiger partial charge on any atom is -0.456 e. The molecule has 0 aliphatic heterocycles. The molecule has 1 aliphatic rings. The molecule has 1 aromatic heterocycles. The Hall–Kier alpha value is -6.44. The van der Waals surface area contributed by atoms with Gasteiger partial charge in [0, 0.05) is 16.2 Å². The monoisotopic (exact) mass is 662 g/mol. The van der Waals surface area contributed by atoms with Gasteiger partial charge in [-0.3, -0.25) is 0 Å². The molecule has 0 N–H and O–H groups in total. The van der Waals surface area contributed by atoms with Gasteiger partial charge in [0.25, 0.3) is 0 Å². The van der Waals surface area contributed by atoms with Crippen LogP contribution in [0.3, 0.4) is 0 Å². The summed E-state index contributed by atoms with van der Waals surface area (Å²) in [4.78, 5) is 0. The van der Waals surface area contributed by atoms with Gasteiger partial charge < -0.3 is 4.42 Å². The molecule has 10 aromatic rings. The molecule has 1 nitrogen and oxygen atoms in total. The molecule has 0 radical (unpaired) electrons. The van der Waals surface area contributed by atoms with Crippen LogP contribution in [-0.4, -0.2) is 0 Å². The van der Waals surface area contributed by atoms with E-state index in [-0.39, 0.29) is 5.41 Å². The maximum atomic E-state index is 6.34. The molecule has 52 heavy (non-hydrogen) atoms. The molecule has 9 aromatic carbocycles. The predicted molar refractivity (Wildman–Crippen MR) is 220 cm³/mol. The number of benzene rings is 9. The van der Waals surface area contributed by atoms with Gasteiger partial charge in [-0.15, -0.1) is 0 Å². The lowest BCUT2D eigenvalue weighted by Crippen LogP contribution is -2.14. The molecule has 0 amide bonds. The molecule has 11 rings (SSSR count). The van der Waals surface area contributed by atoms with Crippen molar-refractivity contribution in [2.75, 3.05) is 0 Å². The van der Waals surface area contributed by atoms with E-state index in [1.165, 1.54) is 98.7 Å². The van der Waals surface area contributed by atoms with Crippen molar-refractivity contribution in [2.45, 2.75) is 19.3 Å². The zero-order valence-electron chi connectivity index (χ0n) is 29.1. The minimum atomic E-state index is -0.0965. The molecule has 0 saturated heterocycles. The Labute approximate surface area is 302 Å². The molecular weight excluding hydrogens is 629 g/mol. The van der Waals surface area contributed by atoms with E-state index in [0.717, 1.165) is 11.2 Å². The van der Waals surface area contributed by atoms with Gasteiger partial charge in [-0.2, -0.15) is 0 Å². The third-order valence-corrected chi connectivity index (χ3v) is 11.7. The molecule has 1 aliphatic carbocycles. The Balaban J connectivity index is 1.07. The fourth-order valence-corrected chi connectivity index (χ4v) is 9.16. The number of fused-ring (bicyclic) bond motifs is 10. The summed E-state index contributed by atoms with van der Waals surface area (Å²) < 4.78 is 6.34. The van der Waals surface area contributed by atoms with Crippen molar-refractivity contribution in [3.8, 4) is 44.5 Å². The molecule has 244 valence electrons. The van der Waals surface area contributed by atoms with Crippen LogP contribution < -0.4 is 0 Å². The van der Waals surface area contributed by atoms with E-state index in [2.05, 4.69) is 184 Å². The van der Waals surface area contributed by atoms with Crippen LogP contribution >= 0.6 is 0 Å². The first kappa shape index (κ1) is 29.3. The zero-order chi connectivity index (χ0) is 34.6.